The minimum atomic E-state index is -1.07. The minimum Gasteiger partial charge on any atom is -0.480 e. The second-order valence-electron chi connectivity index (χ2n) is 8.00. The second-order valence-corrected chi connectivity index (χ2v) is 8.00. The van der Waals surface area contributed by atoms with Crippen molar-refractivity contribution in [1.82, 2.24) is 14.7 Å². The minimum absolute atomic E-state index is 0.0507. The molecule has 0 aromatic rings. The molecule has 1 atom stereocenters. The first-order valence-electron chi connectivity index (χ1n) is 9.49. The highest BCUT2D eigenvalue weighted by atomic mass is 16.6. The van der Waals surface area contributed by atoms with E-state index in [9.17, 15) is 19.2 Å². The van der Waals surface area contributed by atoms with E-state index in [1.807, 2.05) is 13.8 Å². The maximum Gasteiger partial charge on any atom is 0.411 e. The molecule has 3 aliphatic rings. The zero-order valence-corrected chi connectivity index (χ0v) is 15.8. The van der Waals surface area contributed by atoms with Crippen LogP contribution < -0.4 is 0 Å². The third kappa shape index (κ3) is 4.01. The van der Waals surface area contributed by atoms with Gasteiger partial charge in [-0.05, 0) is 20.3 Å². The van der Waals surface area contributed by atoms with Gasteiger partial charge in [-0.1, -0.05) is 0 Å². The lowest BCUT2D eigenvalue weighted by Crippen LogP contribution is -2.53. The van der Waals surface area contributed by atoms with Crippen molar-refractivity contribution in [2.45, 2.75) is 51.2 Å². The average molecular weight is 381 g/mol. The largest absolute Gasteiger partial charge is 0.480 e. The van der Waals surface area contributed by atoms with Gasteiger partial charge in [0.1, 0.15) is 12.1 Å². The van der Waals surface area contributed by atoms with Gasteiger partial charge in [-0.2, -0.15) is 0 Å². The van der Waals surface area contributed by atoms with Crippen LogP contribution in [0.15, 0.2) is 0 Å². The predicted octanol–water partition coefficient (Wildman–Crippen LogP) is 0.531. The zero-order valence-electron chi connectivity index (χ0n) is 15.8. The Hall–Kier alpha value is -2.32. The molecule has 0 aromatic heterocycles. The summed E-state index contributed by atoms with van der Waals surface area (Å²) in [5.41, 5.74) is -0.699. The van der Waals surface area contributed by atoms with E-state index in [-0.39, 0.29) is 36.9 Å². The van der Waals surface area contributed by atoms with Crippen LogP contribution in [-0.4, -0.2) is 88.0 Å². The van der Waals surface area contributed by atoms with Gasteiger partial charge in [-0.25, -0.2) is 4.79 Å². The van der Waals surface area contributed by atoms with E-state index in [1.54, 1.807) is 9.80 Å². The van der Waals surface area contributed by atoms with Gasteiger partial charge < -0.3 is 19.6 Å². The number of ether oxygens (including phenoxy) is 1. The molecule has 9 nitrogen and oxygen atoms in total. The number of carbonyl (C=O) groups excluding carboxylic acids is 3. The fourth-order valence-corrected chi connectivity index (χ4v) is 4.20. The monoisotopic (exact) mass is 381 g/mol. The first-order chi connectivity index (χ1) is 12.7. The van der Waals surface area contributed by atoms with Crippen LogP contribution in [-0.2, 0) is 19.1 Å². The normalized spacial score (nSPS) is 25.3. The molecule has 9 heteroatoms. The number of aliphatic carboxylic acids is 1. The van der Waals surface area contributed by atoms with Crippen LogP contribution in [0.25, 0.3) is 0 Å². The molecule has 27 heavy (non-hydrogen) atoms. The first kappa shape index (κ1) is 19.4. The van der Waals surface area contributed by atoms with Crippen molar-refractivity contribution in [1.29, 1.82) is 0 Å². The van der Waals surface area contributed by atoms with Gasteiger partial charge in [0, 0.05) is 44.9 Å². The van der Waals surface area contributed by atoms with Gasteiger partial charge in [0.25, 0.3) is 0 Å². The molecule has 0 bridgehead atoms. The maximum absolute atomic E-state index is 12.9. The number of hydrogen-bond donors (Lipinski definition) is 1. The summed E-state index contributed by atoms with van der Waals surface area (Å²) in [7, 11) is 0. The van der Waals surface area contributed by atoms with Crippen LogP contribution in [0.5, 0.6) is 0 Å². The standard InChI is InChI=1S/C18H27N3O6/c1-12(2)21-9-13(3-4-14(21)22)16(25)19-7-5-18(6-8-19)11-20(10-15(23)24)17(26)27-18/h12-13H,3-11H2,1-2H3,(H,23,24). The summed E-state index contributed by atoms with van der Waals surface area (Å²) in [6.45, 7) is 5.18. The topological polar surface area (TPSA) is 107 Å². The van der Waals surface area contributed by atoms with Gasteiger partial charge in [-0.15, -0.1) is 0 Å². The van der Waals surface area contributed by atoms with Crippen molar-refractivity contribution in [2.75, 3.05) is 32.7 Å². The molecule has 0 saturated carbocycles. The fourth-order valence-electron chi connectivity index (χ4n) is 4.20. The molecule has 1 spiro atoms. The number of hydrogen-bond acceptors (Lipinski definition) is 5. The molecule has 3 aliphatic heterocycles. The maximum atomic E-state index is 12.9. The summed E-state index contributed by atoms with van der Waals surface area (Å²) in [5, 5.41) is 8.89. The highest BCUT2D eigenvalue weighted by Gasteiger charge is 2.48. The summed E-state index contributed by atoms with van der Waals surface area (Å²) < 4.78 is 5.47. The SMILES string of the molecule is CC(C)N1CC(C(=O)N2CCC3(CC2)CN(CC(=O)O)C(=O)O3)CCC1=O. The number of piperidine rings is 2. The fraction of sp³-hybridized carbons (Fsp3) is 0.778. The zero-order chi connectivity index (χ0) is 19.8. The van der Waals surface area contributed by atoms with Gasteiger partial charge in [0.05, 0.1) is 12.5 Å². The lowest BCUT2D eigenvalue weighted by Gasteiger charge is -2.41. The highest BCUT2D eigenvalue weighted by Crippen LogP contribution is 2.34. The van der Waals surface area contributed by atoms with E-state index in [1.165, 1.54) is 4.90 Å². The van der Waals surface area contributed by atoms with Gasteiger partial charge in [0.2, 0.25) is 11.8 Å². The number of rotatable bonds is 4. The molecular formula is C18H27N3O6. The van der Waals surface area contributed by atoms with Crippen molar-refractivity contribution >= 4 is 23.9 Å². The summed E-state index contributed by atoms with van der Waals surface area (Å²) >= 11 is 0. The Morgan fingerprint density at radius 2 is 1.93 bits per heavy atom. The quantitative estimate of drug-likeness (QED) is 0.761. The average Bonchev–Trinajstić information content (AvgIpc) is 2.89. The summed E-state index contributed by atoms with van der Waals surface area (Å²) in [4.78, 5) is 52.4. The van der Waals surface area contributed by atoms with Gasteiger partial charge in [-0.3, -0.25) is 19.3 Å². The predicted molar refractivity (Wildman–Crippen MR) is 93.8 cm³/mol. The Labute approximate surface area is 158 Å². The molecule has 3 rings (SSSR count). The number of carboxylic acids is 1. The molecule has 3 heterocycles. The number of likely N-dealkylation sites (tertiary alicyclic amines) is 2. The number of carbonyl (C=O) groups is 4. The third-order valence-corrected chi connectivity index (χ3v) is 5.77. The summed E-state index contributed by atoms with van der Waals surface area (Å²) in [6.07, 6.45) is 1.37. The Morgan fingerprint density at radius 1 is 1.26 bits per heavy atom. The van der Waals surface area contributed by atoms with Crippen LogP contribution in [0.2, 0.25) is 0 Å². The highest BCUT2D eigenvalue weighted by molar-refractivity contribution is 5.84. The molecule has 150 valence electrons. The molecule has 0 aliphatic carbocycles. The number of amides is 3. The second kappa shape index (κ2) is 7.36. The first-order valence-corrected chi connectivity index (χ1v) is 9.49. The van der Waals surface area contributed by atoms with Crippen LogP contribution >= 0.6 is 0 Å². The molecule has 3 fully saturated rings. The van der Waals surface area contributed by atoms with Crippen LogP contribution in [0.4, 0.5) is 4.79 Å². The van der Waals surface area contributed by atoms with Crippen molar-refractivity contribution in [3.8, 4) is 0 Å². The Balaban J connectivity index is 1.56. The molecule has 3 saturated heterocycles. The molecular weight excluding hydrogens is 354 g/mol. The smallest absolute Gasteiger partial charge is 0.411 e. The third-order valence-electron chi connectivity index (χ3n) is 5.77. The van der Waals surface area contributed by atoms with E-state index < -0.39 is 17.7 Å². The number of nitrogens with zero attached hydrogens (tertiary/aromatic N) is 3. The van der Waals surface area contributed by atoms with Crippen LogP contribution in [0, 0.1) is 5.92 Å². The van der Waals surface area contributed by atoms with E-state index in [0.29, 0.717) is 45.3 Å². The van der Waals surface area contributed by atoms with Gasteiger partial charge in [0.15, 0.2) is 0 Å². The lowest BCUT2D eigenvalue weighted by molar-refractivity contribution is -0.146. The van der Waals surface area contributed by atoms with E-state index in [4.69, 9.17) is 9.84 Å². The number of carboxylic acid groups (broad SMARTS) is 1. The molecule has 0 aromatic carbocycles. The van der Waals surface area contributed by atoms with Gasteiger partial charge >= 0.3 is 12.1 Å². The van der Waals surface area contributed by atoms with Crippen molar-refractivity contribution in [3.05, 3.63) is 0 Å². The van der Waals surface area contributed by atoms with Crippen LogP contribution in [0.1, 0.15) is 39.5 Å². The molecule has 1 unspecified atom stereocenters. The lowest BCUT2D eigenvalue weighted by atomic mass is 9.89. The Morgan fingerprint density at radius 3 is 2.52 bits per heavy atom. The van der Waals surface area contributed by atoms with E-state index in [0.717, 1.165) is 0 Å². The Bertz CT molecular complexity index is 641. The molecule has 0 radical (unpaired) electrons. The van der Waals surface area contributed by atoms with Crippen molar-refractivity contribution < 1.29 is 29.0 Å². The molecule has 1 N–H and O–H groups in total. The molecule has 3 amide bonds. The Kier molecular flexibility index (Phi) is 5.30. The van der Waals surface area contributed by atoms with Crippen LogP contribution in [0.3, 0.4) is 0 Å². The van der Waals surface area contributed by atoms with E-state index in [2.05, 4.69) is 0 Å². The van der Waals surface area contributed by atoms with Crippen molar-refractivity contribution in [2.24, 2.45) is 5.92 Å². The van der Waals surface area contributed by atoms with E-state index >= 15 is 0 Å². The summed E-state index contributed by atoms with van der Waals surface area (Å²) in [5.74, 6) is -1.11. The van der Waals surface area contributed by atoms with Crippen molar-refractivity contribution in [3.63, 3.8) is 0 Å². The summed E-state index contributed by atoms with van der Waals surface area (Å²) in [6, 6.07) is 0.0795.